The highest BCUT2D eigenvalue weighted by molar-refractivity contribution is 5.70. The summed E-state index contributed by atoms with van der Waals surface area (Å²) in [7, 11) is 0. The van der Waals surface area contributed by atoms with E-state index in [9.17, 15) is 0 Å². The smallest absolute Gasteiger partial charge is 0.0184 e. The van der Waals surface area contributed by atoms with Crippen LogP contribution in [0.4, 0.5) is 0 Å². The maximum Gasteiger partial charge on any atom is -0.0184 e. The predicted octanol–water partition coefficient (Wildman–Crippen LogP) is 7.71. The highest BCUT2D eigenvalue weighted by Crippen LogP contribution is 2.26. The fourth-order valence-corrected chi connectivity index (χ4v) is 3.45. The van der Waals surface area contributed by atoms with E-state index in [-0.39, 0.29) is 0 Å². The van der Waals surface area contributed by atoms with Crippen molar-refractivity contribution in [2.24, 2.45) is 0 Å². The molecule has 0 aliphatic carbocycles. The topological polar surface area (TPSA) is 0 Å². The van der Waals surface area contributed by atoms with E-state index < -0.39 is 0 Å². The Balaban J connectivity index is 1.68. The Hall–Kier alpha value is -2.34. The Bertz CT molecular complexity index is 777. The summed E-state index contributed by atoms with van der Waals surface area (Å²) in [6.45, 7) is 4.48. The number of aryl methyl sites for hydroxylation is 2. The molecule has 3 aromatic carbocycles. The molecule has 0 atom stereocenters. The van der Waals surface area contributed by atoms with Crippen molar-refractivity contribution in [3.8, 4) is 22.3 Å². The Morgan fingerprint density at radius 2 is 0.808 bits per heavy atom. The molecule has 0 aliphatic heterocycles. The molecule has 0 bridgehead atoms. The van der Waals surface area contributed by atoms with E-state index >= 15 is 0 Å². The first-order valence-electron chi connectivity index (χ1n) is 10.1. The van der Waals surface area contributed by atoms with Gasteiger partial charge in [-0.1, -0.05) is 106 Å². The molecule has 0 aromatic heterocycles. The van der Waals surface area contributed by atoms with Crippen molar-refractivity contribution < 1.29 is 0 Å². The Kier molecular flexibility index (Phi) is 6.66. The van der Waals surface area contributed by atoms with Gasteiger partial charge in [-0.3, -0.25) is 0 Å². The highest BCUT2D eigenvalue weighted by Gasteiger charge is 2.02. The third-order valence-corrected chi connectivity index (χ3v) is 5.07. The maximum absolute atomic E-state index is 2.28. The molecular formula is C26H30. The molecule has 0 saturated carbocycles. The van der Waals surface area contributed by atoms with Crippen LogP contribution in [0.25, 0.3) is 22.3 Å². The largest absolute Gasteiger partial charge is 0.0654 e. The van der Waals surface area contributed by atoms with E-state index in [1.165, 1.54) is 65.5 Å². The molecule has 3 rings (SSSR count). The second-order valence-corrected chi connectivity index (χ2v) is 7.18. The van der Waals surface area contributed by atoms with Gasteiger partial charge in [0.25, 0.3) is 0 Å². The first-order valence-corrected chi connectivity index (χ1v) is 10.1. The molecule has 0 amide bonds. The average Bonchev–Trinajstić information content (AvgIpc) is 2.70. The number of hydrogen-bond acceptors (Lipinski definition) is 0. The zero-order valence-corrected chi connectivity index (χ0v) is 16.2. The van der Waals surface area contributed by atoms with Gasteiger partial charge in [-0.2, -0.15) is 0 Å². The molecule has 0 N–H and O–H groups in total. The molecule has 0 heterocycles. The summed E-state index contributed by atoms with van der Waals surface area (Å²) in [4.78, 5) is 0. The van der Waals surface area contributed by atoms with Crippen molar-refractivity contribution in [2.45, 2.75) is 52.4 Å². The van der Waals surface area contributed by atoms with Crippen molar-refractivity contribution in [2.75, 3.05) is 0 Å². The third kappa shape index (κ3) is 4.85. The van der Waals surface area contributed by atoms with Crippen molar-refractivity contribution >= 4 is 0 Å². The normalized spacial score (nSPS) is 10.8. The van der Waals surface area contributed by atoms with Gasteiger partial charge in [0.2, 0.25) is 0 Å². The van der Waals surface area contributed by atoms with E-state index in [1.807, 2.05) is 0 Å². The van der Waals surface area contributed by atoms with Gasteiger partial charge < -0.3 is 0 Å². The van der Waals surface area contributed by atoms with Gasteiger partial charge in [-0.25, -0.2) is 0 Å². The van der Waals surface area contributed by atoms with Crippen LogP contribution in [-0.2, 0) is 12.8 Å². The van der Waals surface area contributed by atoms with E-state index in [1.54, 1.807) is 0 Å². The minimum absolute atomic E-state index is 1.16. The first kappa shape index (κ1) is 18.5. The Morgan fingerprint density at radius 1 is 0.423 bits per heavy atom. The quantitative estimate of drug-likeness (QED) is 0.368. The van der Waals surface area contributed by atoms with Crippen LogP contribution >= 0.6 is 0 Å². The SMILES string of the molecule is CCCCCc1ccc(-c2ccc(-c3ccc(CCC)cc3)cc2)cc1. The standard InChI is InChI=1S/C26H30/c1-3-5-6-8-22-11-15-24(16-12-22)26-19-17-25(18-20-26)23-13-9-21(7-4-2)10-14-23/h9-20H,3-8H2,1-2H3. The van der Waals surface area contributed by atoms with Crippen LogP contribution < -0.4 is 0 Å². The number of unbranched alkanes of at least 4 members (excludes halogenated alkanes) is 2. The molecule has 0 spiro atoms. The van der Waals surface area contributed by atoms with Crippen molar-refractivity contribution in [3.63, 3.8) is 0 Å². The summed E-state index contributed by atoms with van der Waals surface area (Å²) in [5, 5.41) is 0. The van der Waals surface area contributed by atoms with Crippen molar-refractivity contribution in [1.29, 1.82) is 0 Å². The summed E-state index contributed by atoms with van der Waals surface area (Å²) in [6.07, 6.45) is 7.45. The van der Waals surface area contributed by atoms with Gasteiger partial charge in [0, 0.05) is 0 Å². The molecule has 0 saturated heterocycles. The van der Waals surface area contributed by atoms with Crippen molar-refractivity contribution in [1.82, 2.24) is 0 Å². The predicted molar refractivity (Wildman–Crippen MR) is 115 cm³/mol. The van der Waals surface area contributed by atoms with E-state index in [4.69, 9.17) is 0 Å². The molecule has 134 valence electrons. The zero-order valence-electron chi connectivity index (χ0n) is 16.2. The second-order valence-electron chi connectivity index (χ2n) is 7.18. The summed E-state index contributed by atoms with van der Waals surface area (Å²) in [5.74, 6) is 0. The molecule has 0 radical (unpaired) electrons. The number of rotatable bonds is 8. The lowest BCUT2D eigenvalue weighted by Crippen LogP contribution is -1.86. The molecule has 0 unspecified atom stereocenters. The monoisotopic (exact) mass is 342 g/mol. The summed E-state index contributed by atoms with van der Waals surface area (Å²) in [5.41, 5.74) is 8.04. The van der Waals surface area contributed by atoms with E-state index in [2.05, 4.69) is 86.6 Å². The summed E-state index contributed by atoms with van der Waals surface area (Å²) >= 11 is 0. The molecule has 0 nitrogen and oxygen atoms in total. The van der Waals surface area contributed by atoms with Crippen LogP contribution in [0.3, 0.4) is 0 Å². The number of hydrogen-bond donors (Lipinski definition) is 0. The Labute approximate surface area is 158 Å². The first-order chi connectivity index (χ1) is 12.8. The van der Waals surface area contributed by atoms with Gasteiger partial charge >= 0.3 is 0 Å². The second kappa shape index (κ2) is 9.38. The fourth-order valence-electron chi connectivity index (χ4n) is 3.45. The van der Waals surface area contributed by atoms with E-state index in [0.29, 0.717) is 0 Å². The lowest BCUT2D eigenvalue weighted by Gasteiger charge is -2.07. The van der Waals surface area contributed by atoms with Gasteiger partial charge in [0.1, 0.15) is 0 Å². The van der Waals surface area contributed by atoms with Gasteiger partial charge in [-0.05, 0) is 52.6 Å². The van der Waals surface area contributed by atoms with Crippen LogP contribution in [0.15, 0.2) is 72.8 Å². The van der Waals surface area contributed by atoms with Crippen LogP contribution in [0.5, 0.6) is 0 Å². The van der Waals surface area contributed by atoms with Gasteiger partial charge in [-0.15, -0.1) is 0 Å². The minimum Gasteiger partial charge on any atom is -0.0654 e. The van der Waals surface area contributed by atoms with Crippen LogP contribution in [0, 0.1) is 0 Å². The van der Waals surface area contributed by atoms with Gasteiger partial charge in [0.05, 0.1) is 0 Å². The third-order valence-electron chi connectivity index (χ3n) is 5.07. The summed E-state index contributed by atoms with van der Waals surface area (Å²) < 4.78 is 0. The average molecular weight is 343 g/mol. The highest BCUT2D eigenvalue weighted by atomic mass is 14.1. The van der Waals surface area contributed by atoms with Gasteiger partial charge in [0.15, 0.2) is 0 Å². The molecule has 3 aromatic rings. The molecule has 0 heteroatoms. The minimum atomic E-state index is 1.16. The lowest BCUT2D eigenvalue weighted by molar-refractivity contribution is 0.717. The molecule has 0 aliphatic rings. The molecular weight excluding hydrogens is 312 g/mol. The van der Waals surface area contributed by atoms with Crippen LogP contribution in [0.2, 0.25) is 0 Å². The van der Waals surface area contributed by atoms with Crippen molar-refractivity contribution in [3.05, 3.63) is 83.9 Å². The summed E-state index contributed by atoms with van der Waals surface area (Å²) in [6, 6.07) is 27.0. The Morgan fingerprint density at radius 3 is 1.19 bits per heavy atom. The zero-order chi connectivity index (χ0) is 18.2. The molecule has 26 heavy (non-hydrogen) atoms. The van der Waals surface area contributed by atoms with Crippen LogP contribution in [-0.4, -0.2) is 0 Å². The maximum atomic E-state index is 2.28. The lowest BCUT2D eigenvalue weighted by atomic mass is 9.98. The fraction of sp³-hybridized carbons (Fsp3) is 0.308. The van der Waals surface area contributed by atoms with E-state index in [0.717, 1.165) is 6.42 Å². The molecule has 0 fully saturated rings. The van der Waals surface area contributed by atoms with Crippen LogP contribution in [0.1, 0.15) is 50.7 Å². The number of benzene rings is 3.